The highest BCUT2D eigenvalue weighted by molar-refractivity contribution is 9.10. The molecule has 1 aromatic carbocycles. The third-order valence-electron chi connectivity index (χ3n) is 3.69. The van der Waals surface area contributed by atoms with Crippen molar-refractivity contribution in [2.45, 2.75) is 26.4 Å². The Morgan fingerprint density at radius 3 is 2.53 bits per heavy atom. The Kier molecular flexibility index (Phi) is 5.25. The van der Waals surface area contributed by atoms with Crippen LogP contribution in [0.3, 0.4) is 0 Å². The van der Waals surface area contributed by atoms with Gasteiger partial charge < -0.3 is 10.0 Å². The molecule has 4 heteroatoms. The van der Waals surface area contributed by atoms with Crippen LogP contribution in [0.5, 0.6) is 0 Å². The van der Waals surface area contributed by atoms with Gasteiger partial charge in [-0.1, -0.05) is 22.9 Å². The van der Waals surface area contributed by atoms with Crippen molar-refractivity contribution in [3.05, 3.63) is 28.2 Å². The summed E-state index contributed by atoms with van der Waals surface area (Å²) in [5.74, 6) is 0. The molecule has 0 bridgehead atoms. The monoisotopic (exact) mass is 326 g/mol. The number of hydrogen-bond donors (Lipinski definition) is 1. The summed E-state index contributed by atoms with van der Waals surface area (Å²) < 4.78 is 1.02. The Hall–Kier alpha value is -0.580. The highest BCUT2D eigenvalue weighted by atomic mass is 79.9. The Bertz CT molecular complexity index is 415. The van der Waals surface area contributed by atoms with Gasteiger partial charge in [-0.2, -0.15) is 0 Å². The number of piperazine rings is 1. The van der Waals surface area contributed by atoms with E-state index in [1.807, 2.05) is 13.0 Å². The molecular formula is C15H23BrN2O. The summed E-state index contributed by atoms with van der Waals surface area (Å²) >= 11 is 3.48. The van der Waals surface area contributed by atoms with E-state index >= 15 is 0 Å². The fourth-order valence-electron chi connectivity index (χ4n) is 2.68. The molecular weight excluding hydrogens is 304 g/mol. The van der Waals surface area contributed by atoms with E-state index in [-0.39, 0.29) is 0 Å². The predicted octanol–water partition coefficient (Wildman–Crippen LogP) is 3.03. The van der Waals surface area contributed by atoms with E-state index in [9.17, 15) is 5.11 Å². The minimum Gasteiger partial charge on any atom is -0.389 e. The van der Waals surface area contributed by atoms with Crippen LogP contribution in [0.4, 0.5) is 5.69 Å². The summed E-state index contributed by atoms with van der Waals surface area (Å²) in [5, 5.41) is 9.94. The fourth-order valence-corrected chi connectivity index (χ4v) is 3.06. The first kappa shape index (κ1) is 14.8. The lowest BCUT2D eigenvalue weighted by molar-refractivity contribution is 0.199. The smallest absolute Gasteiger partial charge is 0.0782 e. The highest BCUT2D eigenvalue weighted by Crippen LogP contribution is 2.30. The number of rotatable bonds is 4. The average molecular weight is 327 g/mol. The van der Waals surface area contributed by atoms with Gasteiger partial charge in [0.2, 0.25) is 0 Å². The topological polar surface area (TPSA) is 26.7 Å². The molecule has 0 spiro atoms. The normalized spacial score (nSPS) is 18.6. The summed E-state index contributed by atoms with van der Waals surface area (Å²) in [6.45, 7) is 9.57. The number of aliphatic hydroxyl groups is 1. The van der Waals surface area contributed by atoms with Crippen molar-refractivity contribution in [3.63, 3.8) is 0 Å². The standard InChI is InChI=1S/C15H23BrN2O/c1-3-6-17-7-9-18(10-8-17)15-5-4-13(16)11-14(15)12(2)19/h4-5,11-12,19H,3,6-10H2,1-2H3. The van der Waals surface area contributed by atoms with Gasteiger partial charge in [-0.15, -0.1) is 0 Å². The van der Waals surface area contributed by atoms with Crippen LogP contribution in [-0.4, -0.2) is 42.7 Å². The first-order valence-corrected chi connectivity index (χ1v) is 7.86. The Morgan fingerprint density at radius 2 is 1.95 bits per heavy atom. The van der Waals surface area contributed by atoms with Crippen molar-refractivity contribution in [1.82, 2.24) is 4.90 Å². The van der Waals surface area contributed by atoms with E-state index in [0.717, 1.165) is 36.2 Å². The molecule has 1 fully saturated rings. The highest BCUT2D eigenvalue weighted by Gasteiger charge is 2.20. The van der Waals surface area contributed by atoms with Crippen LogP contribution in [0, 0.1) is 0 Å². The van der Waals surface area contributed by atoms with Gasteiger partial charge in [0.05, 0.1) is 6.10 Å². The van der Waals surface area contributed by atoms with Crippen LogP contribution in [0.1, 0.15) is 31.9 Å². The molecule has 0 aromatic heterocycles. The zero-order chi connectivity index (χ0) is 13.8. The van der Waals surface area contributed by atoms with Crippen molar-refractivity contribution < 1.29 is 5.11 Å². The van der Waals surface area contributed by atoms with Crippen LogP contribution in [0.15, 0.2) is 22.7 Å². The molecule has 1 aliphatic heterocycles. The van der Waals surface area contributed by atoms with Crippen molar-refractivity contribution in [2.75, 3.05) is 37.6 Å². The van der Waals surface area contributed by atoms with Crippen LogP contribution in [0.25, 0.3) is 0 Å². The Labute approximate surface area is 124 Å². The third-order valence-corrected chi connectivity index (χ3v) is 4.19. The van der Waals surface area contributed by atoms with E-state index in [1.54, 1.807) is 0 Å². The first-order valence-electron chi connectivity index (χ1n) is 7.06. The number of nitrogens with zero attached hydrogens (tertiary/aromatic N) is 2. The minimum absolute atomic E-state index is 0.429. The molecule has 0 amide bonds. The third kappa shape index (κ3) is 3.71. The Balaban J connectivity index is 2.11. The van der Waals surface area contributed by atoms with Gasteiger partial charge in [0, 0.05) is 41.9 Å². The van der Waals surface area contributed by atoms with Crippen LogP contribution in [0.2, 0.25) is 0 Å². The molecule has 1 atom stereocenters. The van der Waals surface area contributed by atoms with Crippen molar-refractivity contribution in [1.29, 1.82) is 0 Å². The van der Waals surface area contributed by atoms with E-state index in [4.69, 9.17) is 0 Å². The van der Waals surface area contributed by atoms with Gasteiger partial charge in [-0.05, 0) is 38.1 Å². The molecule has 1 saturated heterocycles. The molecule has 106 valence electrons. The van der Waals surface area contributed by atoms with Crippen molar-refractivity contribution in [3.8, 4) is 0 Å². The molecule has 2 rings (SSSR count). The average Bonchev–Trinajstić information content (AvgIpc) is 2.40. The number of aliphatic hydroxyl groups excluding tert-OH is 1. The van der Waals surface area contributed by atoms with Crippen LogP contribution < -0.4 is 4.90 Å². The van der Waals surface area contributed by atoms with Gasteiger partial charge in [0.15, 0.2) is 0 Å². The second-order valence-corrected chi connectivity index (χ2v) is 6.12. The maximum absolute atomic E-state index is 9.94. The lowest BCUT2D eigenvalue weighted by Gasteiger charge is -2.37. The second kappa shape index (κ2) is 6.73. The zero-order valence-corrected chi connectivity index (χ0v) is 13.4. The van der Waals surface area contributed by atoms with Gasteiger partial charge in [-0.25, -0.2) is 0 Å². The fraction of sp³-hybridized carbons (Fsp3) is 0.600. The molecule has 0 saturated carbocycles. The largest absolute Gasteiger partial charge is 0.389 e. The lowest BCUT2D eigenvalue weighted by atomic mass is 10.1. The maximum atomic E-state index is 9.94. The quantitative estimate of drug-likeness (QED) is 0.921. The van der Waals surface area contributed by atoms with Crippen molar-refractivity contribution in [2.24, 2.45) is 0 Å². The van der Waals surface area contributed by atoms with E-state index in [0.29, 0.717) is 0 Å². The lowest BCUT2D eigenvalue weighted by Crippen LogP contribution is -2.46. The Morgan fingerprint density at radius 1 is 1.26 bits per heavy atom. The molecule has 1 heterocycles. The maximum Gasteiger partial charge on any atom is 0.0782 e. The van der Waals surface area contributed by atoms with Crippen LogP contribution in [-0.2, 0) is 0 Å². The van der Waals surface area contributed by atoms with E-state index < -0.39 is 6.10 Å². The van der Waals surface area contributed by atoms with Crippen LogP contribution >= 0.6 is 15.9 Å². The number of benzene rings is 1. The van der Waals surface area contributed by atoms with E-state index in [1.165, 1.54) is 18.7 Å². The molecule has 3 nitrogen and oxygen atoms in total. The number of halogens is 1. The number of hydrogen-bond acceptors (Lipinski definition) is 3. The summed E-state index contributed by atoms with van der Waals surface area (Å²) in [7, 11) is 0. The molecule has 0 radical (unpaired) electrons. The summed E-state index contributed by atoms with van der Waals surface area (Å²) in [6, 6.07) is 6.19. The molecule has 0 aliphatic carbocycles. The first-order chi connectivity index (χ1) is 9.11. The van der Waals surface area contributed by atoms with Gasteiger partial charge in [0.1, 0.15) is 0 Å². The molecule has 19 heavy (non-hydrogen) atoms. The second-order valence-electron chi connectivity index (χ2n) is 5.21. The molecule has 1 aliphatic rings. The predicted molar refractivity (Wildman–Crippen MR) is 83.7 cm³/mol. The zero-order valence-electron chi connectivity index (χ0n) is 11.8. The molecule has 1 N–H and O–H groups in total. The molecule has 1 unspecified atom stereocenters. The van der Waals surface area contributed by atoms with Crippen molar-refractivity contribution >= 4 is 21.6 Å². The minimum atomic E-state index is -0.429. The summed E-state index contributed by atoms with van der Waals surface area (Å²) in [4.78, 5) is 4.90. The van der Waals surface area contributed by atoms with E-state index in [2.05, 4.69) is 44.8 Å². The number of anilines is 1. The molecule has 1 aromatic rings. The summed E-state index contributed by atoms with van der Waals surface area (Å²) in [5.41, 5.74) is 2.19. The summed E-state index contributed by atoms with van der Waals surface area (Å²) in [6.07, 6.45) is 0.790. The van der Waals surface area contributed by atoms with Gasteiger partial charge >= 0.3 is 0 Å². The van der Waals surface area contributed by atoms with Gasteiger partial charge in [0.25, 0.3) is 0 Å². The van der Waals surface area contributed by atoms with Gasteiger partial charge in [-0.3, -0.25) is 4.90 Å². The SMILES string of the molecule is CCCN1CCN(c2ccc(Br)cc2C(C)O)CC1.